The molecular weight excluding hydrogens is 629 g/mol. The summed E-state index contributed by atoms with van der Waals surface area (Å²) in [7, 11) is -4.08. The first-order valence-corrected chi connectivity index (χ1v) is 16.9. The van der Waals surface area contributed by atoms with E-state index in [1.165, 1.54) is 18.2 Å². The molecule has 12 heteroatoms. The molecule has 246 valence electrons. The third-order valence-electron chi connectivity index (χ3n) is 10.1. The highest BCUT2D eigenvalue weighted by Gasteiger charge is 2.60. The molecule has 1 saturated heterocycles. The number of nitrogens with zero attached hydrogens (tertiary/aromatic N) is 1. The minimum atomic E-state index is -4.77. The Balaban J connectivity index is 1.32. The molecule has 0 spiro atoms. The summed E-state index contributed by atoms with van der Waals surface area (Å²) in [6, 6.07) is 11.9. The van der Waals surface area contributed by atoms with Crippen molar-refractivity contribution in [2.45, 2.75) is 73.4 Å². The molecule has 2 atom stereocenters. The zero-order valence-electron chi connectivity index (χ0n) is 24.9. The molecule has 0 amide bonds. The number of likely N-dealkylation sites (tertiary alicyclic amines) is 1. The molecule has 0 unspecified atom stereocenters. The van der Waals surface area contributed by atoms with Gasteiger partial charge in [-0.15, -0.1) is 0 Å². The van der Waals surface area contributed by atoms with Crippen molar-refractivity contribution >= 4 is 15.8 Å². The first kappa shape index (κ1) is 32.4. The maximum atomic E-state index is 14.6. The molecule has 1 heterocycles. The van der Waals surface area contributed by atoms with Gasteiger partial charge >= 0.3 is 12.1 Å². The Kier molecular flexibility index (Phi) is 8.64. The number of aryl methyl sites for hydroxylation is 1. The smallest absolute Gasteiger partial charge is 0.416 e. The second-order valence-corrected chi connectivity index (χ2v) is 14.8. The Bertz CT molecular complexity index is 1720. The van der Waals surface area contributed by atoms with E-state index in [1.807, 2.05) is 0 Å². The van der Waals surface area contributed by atoms with Crippen molar-refractivity contribution < 1.29 is 45.0 Å². The van der Waals surface area contributed by atoms with E-state index in [4.69, 9.17) is 4.74 Å². The Labute approximate surface area is 264 Å². The Morgan fingerprint density at radius 2 is 1.70 bits per heavy atom. The molecule has 1 aliphatic heterocycles. The van der Waals surface area contributed by atoms with Crippen LogP contribution in [-0.2, 0) is 38.6 Å². The molecule has 3 aromatic rings. The molecular formula is C34H34F5NO5S. The van der Waals surface area contributed by atoms with Crippen LogP contribution in [0.3, 0.4) is 0 Å². The maximum absolute atomic E-state index is 14.6. The average molecular weight is 664 g/mol. The third kappa shape index (κ3) is 5.78. The third-order valence-corrected chi connectivity index (χ3v) is 12.6. The number of hydrogen-bond acceptors (Lipinski definition) is 5. The van der Waals surface area contributed by atoms with Crippen LogP contribution in [0.15, 0.2) is 65.6 Å². The van der Waals surface area contributed by atoms with Gasteiger partial charge in [0.2, 0.25) is 0 Å². The van der Waals surface area contributed by atoms with Crippen LogP contribution in [0.4, 0.5) is 22.0 Å². The monoisotopic (exact) mass is 663 g/mol. The zero-order valence-corrected chi connectivity index (χ0v) is 25.7. The maximum Gasteiger partial charge on any atom is 0.416 e. The SMILES string of the molecule is O=C(O)C1CCC(CN2CC[C@@]3(S(=O)(=O)c4ccc(F)cc4)c4ccc(OCc5c(F)cccc5C(F)(F)F)cc4CC[C@@H]23)CC1. The number of benzene rings is 3. The topological polar surface area (TPSA) is 83.9 Å². The number of sulfone groups is 1. The number of carbonyl (C=O) groups is 1. The summed E-state index contributed by atoms with van der Waals surface area (Å²) in [4.78, 5) is 13.7. The van der Waals surface area contributed by atoms with Gasteiger partial charge in [0.05, 0.1) is 16.4 Å². The second kappa shape index (κ2) is 12.3. The van der Waals surface area contributed by atoms with E-state index in [9.17, 15) is 40.3 Å². The first-order valence-electron chi connectivity index (χ1n) is 15.4. The van der Waals surface area contributed by atoms with Crippen molar-refractivity contribution in [1.82, 2.24) is 4.90 Å². The lowest BCUT2D eigenvalue weighted by Crippen LogP contribution is -2.51. The Morgan fingerprint density at radius 3 is 2.37 bits per heavy atom. The van der Waals surface area contributed by atoms with Crippen molar-refractivity contribution in [2.75, 3.05) is 13.1 Å². The van der Waals surface area contributed by atoms with Crippen LogP contribution >= 0.6 is 0 Å². The average Bonchev–Trinajstić information content (AvgIpc) is 3.40. The number of rotatable bonds is 8. The molecule has 6 rings (SSSR count). The normalized spacial score (nSPS) is 25.1. The van der Waals surface area contributed by atoms with Crippen molar-refractivity contribution in [3.63, 3.8) is 0 Å². The van der Waals surface area contributed by atoms with Crippen molar-refractivity contribution in [2.24, 2.45) is 11.8 Å². The van der Waals surface area contributed by atoms with Crippen molar-refractivity contribution in [3.8, 4) is 5.75 Å². The van der Waals surface area contributed by atoms with E-state index in [-0.39, 0.29) is 28.9 Å². The van der Waals surface area contributed by atoms with E-state index in [0.29, 0.717) is 49.9 Å². The molecule has 0 bridgehead atoms. The summed E-state index contributed by atoms with van der Waals surface area (Å²) in [6.07, 6.45) is -0.877. The molecule has 3 aliphatic rings. The van der Waals surface area contributed by atoms with Gasteiger partial charge in [-0.25, -0.2) is 17.2 Å². The van der Waals surface area contributed by atoms with Crippen LogP contribution < -0.4 is 4.74 Å². The number of halogens is 5. The van der Waals surface area contributed by atoms with E-state index < -0.39 is 62.1 Å². The van der Waals surface area contributed by atoms with Gasteiger partial charge in [0.1, 0.15) is 28.7 Å². The van der Waals surface area contributed by atoms with Crippen LogP contribution in [0.25, 0.3) is 0 Å². The lowest BCUT2D eigenvalue weighted by molar-refractivity contribution is -0.143. The zero-order chi connectivity index (χ0) is 32.9. The van der Waals surface area contributed by atoms with Crippen LogP contribution in [0.2, 0.25) is 0 Å². The molecule has 0 radical (unpaired) electrons. The lowest BCUT2D eigenvalue weighted by atomic mass is 9.78. The molecule has 1 saturated carbocycles. The number of carboxylic acids is 1. The van der Waals surface area contributed by atoms with E-state index in [2.05, 4.69) is 4.90 Å². The highest BCUT2D eigenvalue weighted by molar-refractivity contribution is 7.92. The van der Waals surface area contributed by atoms with Gasteiger partial charge in [-0.1, -0.05) is 12.1 Å². The molecule has 46 heavy (non-hydrogen) atoms. The van der Waals surface area contributed by atoms with Gasteiger partial charge < -0.3 is 9.84 Å². The molecule has 1 N–H and O–H groups in total. The lowest BCUT2D eigenvalue weighted by Gasteiger charge is -2.43. The van der Waals surface area contributed by atoms with Gasteiger partial charge in [-0.05, 0) is 111 Å². The van der Waals surface area contributed by atoms with Crippen LogP contribution in [-0.4, -0.2) is 43.5 Å². The van der Waals surface area contributed by atoms with Gasteiger partial charge in [-0.3, -0.25) is 9.69 Å². The standard InChI is InChI=1S/C34H34F5NO5S/c35-24-9-12-26(13-10-24)46(43,44)33-16-17-40(19-21-4-6-22(7-5-21)32(41)42)31(33)15-8-23-18-25(11-14-28(23)33)45-20-27-29(34(37,38)39)2-1-3-30(27)36/h1-3,9-14,18,21-22,31H,4-8,15-17,19-20H2,(H,41,42)/t21?,22?,31-,33-/m1/s1. The quantitative estimate of drug-likeness (QED) is 0.204. The van der Waals surface area contributed by atoms with Crippen LogP contribution in [0.1, 0.15) is 60.8 Å². The molecule has 2 fully saturated rings. The predicted octanol–water partition coefficient (Wildman–Crippen LogP) is 7.14. The minimum Gasteiger partial charge on any atom is -0.489 e. The largest absolute Gasteiger partial charge is 0.489 e. The number of fused-ring (bicyclic) bond motifs is 3. The van der Waals surface area contributed by atoms with Gasteiger partial charge in [0, 0.05) is 24.7 Å². The summed E-state index contributed by atoms with van der Waals surface area (Å²) in [5.41, 5.74) is -0.501. The van der Waals surface area contributed by atoms with Crippen LogP contribution in [0.5, 0.6) is 5.75 Å². The summed E-state index contributed by atoms with van der Waals surface area (Å²) in [6.45, 7) is 0.466. The van der Waals surface area contributed by atoms with Crippen LogP contribution in [0, 0.1) is 23.5 Å². The van der Waals surface area contributed by atoms with E-state index in [1.54, 1.807) is 12.1 Å². The van der Waals surface area contributed by atoms with E-state index in [0.717, 1.165) is 43.2 Å². The number of ether oxygens (including phenoxy) is 1. The molecule has 0 aromatic heterocycles. The second-order valence-electron chi connectivity index (χ2n) is 12.6. The summed E-state index contributed by atoms with van der Waals surface area (Å²) in [5, 5.41) is 9.40. The van der Waals surface area contributed by atoms with Gasteiger partial charge in [0.25, 0.3) is 0 Å². The summed E-state index contributed by atoms with van der Waals surface area (Å²) < 4.78 is 102. The summed E-state index contributed by atoms with van der Waals surface area (Å²) in [5.74, 6) is -2.32. The predicted molar refractivity (Wildman–Crippen MR) is 159 cm³/mol. The highest BCUT2D eigenvalue weighted by Crippen LogP contribution is 2.53. The summed E-state index contributed by atoms with van der Waals surface area (Å²) >= 11 is 0. The fraction of sp³-hybridized carbons (Fsp3) is 0.441. The fourth-order valence-corrected chi connectivity index (χ4v) is 10.2. The van der Waals surface area contributed by atoms with Gasteiger partial charge in [0.15, 0.2) is 9.84 Å². The number of hydrogen-bond donors (Lipinski definition) is 1. The molecule has 3 aromatic carbocycles. The fourth-order valence-electron chi connectivity index (χ4n) is 7.78. The van der Waals surface area contributed by atoms with E-state index >= 15 is 0 Å². The van der Waals surface area contributed by atoms with Crippen molar-refractivity contribution in [1.29, 1.82) is 0 Å². The van der Waals surface area contributed by atoms with Crippen molar-refractivity contribution in [3.05, 3.63) is 94.6 Å². The highest BCUT2D eigenvalue weighted by atomic mass is 32.2. The Hall–Kier alpha value is -3.51. The first-order chi connectivity index (χ1) is 21.8. The van der Waals surface area contributed by atoms with Gasteiger partial charge in [-0.2, -0.15) is 13.2 Å². The number of aliphatic carboxylic acids is 1. The number of carboxylic acid groups (broad SMARTS) is 1. The molecule has 6 nitrogen and oxygen atoms in total. The minimum absolute atomic E-state index is 0.00451. The Morgan fingerprint density at radius 1 is 0.978 bits per heavy atom. The molecule has 2 aliphatic carbocycles. The number of alkyl halides is 3.